The Morgan fingerprint density at radius 2 is 2.07 bits per heavy atom. The first-order valence-electron chi connectivity index (χ1n) is 4.82. The topological polar surface area (TPSA) is 72.5 Å². The molecule has 0 aromatic heterocycles. The molecule has 1 aromatic carbocycles. The number of hydrogen-bond donors (Lipinski definition) is 2. The van der Waals surface area contributed by atoms with Gasteiger partial charge in [-0.15, -0.1) is 0 Å². The Balaban J connectivity index is 2.89. The molecule has 4 nitrogen and oxygen atoms in total. The minimum Gasteiger partial charge on any atom is -0.478 e. The zero-order chi connectivity index (χ0) is 11.3. The van der Waals surface area contributed by atoms with Crippen LogP contribution in [0.4, 0.5) is 0 Å². The smallest absolute Gasteiger partial charge is 0.349 e. The van der Waals surface area contributed by atoms with Gasteiger partial charge in [0.2, 0.25) is 5.60 Å². The molecule has 0 aliphatic heterocycles. The second kappa shape index (κ2) is 4.79. The lowest BCUT2D eigenvalue weighted by Gasteiger charge is -2.27. The normalized spacial score (nSPS) is 14.3. The quantitative estimate of drug-likeness (QED) is 0.765. The summed E-state index contributed by atoms with van der Waals surface area (Å²) in [7, 11) is 0. The fraction of sp³-hybridized carbons (Fsp3) is 0.364. The molecule has 1 aromatic rings. The summed E-state index contributed by atoms with van der Waals surface area (Å²) in [6.45, 7) is 1.69. The predicted octanol–water partition coefficient (Wildman–Crippen LogP) is 1.26. The number of carbonyl (C=O) groups is 1. The third-order valence-corrected chi connectivity index (χ3v) is 2.35. The van der Waals surface area contributed by atoms with E-state index in [2.05, 4.69) is 0 Å². The maximum atomic E-state index is 11.1. The molecule has 0 aliphatic carbocycles. The van der Waals surface area contributed by atoms with Gasteiger partial charge in [0.05, 0.1) is 0 Å². The standard InChI is InChI=1S/C11H15NO3/c1-2-11(8-12,10(13)14)15-9-6-4-3-5-7-9/h3-7H,2,8,12H2,1H3,(H,13,14). The number of nitrogens with two attached hydrogens (primary N) is 1. The maximum Gasteiger partial charge on any atom is 0.349 e. The van der Waals surface area contributed by atoms with Crippen LogP contribution in [-0.4, -0.2) is 23.2 Å². The van der Waals surface area contributed by atoms with E-state index in [1.807, 2.05) is 6.07 Å². The molecule has 1 unspecified atom stereocenters. The Hall–Kier alpha value is -1.55. The van der Waals surface area contributed by atoms with Crippen molar-refractivity contribution in [3.63, 3.8) is 0 Å². The van der Waals surface area contributed by atoms with E-state index in [1.54, 1.807) is 31.2 Å². The number of carboxylic acid groups (broad SMARTS) is 1. The van der Waals surface area contributed by atoms with Crippen molar-refractivity contribution in [1.29, 1.82) is 0 Å². The molecule has 1 atom stereocenters. The van der Waals surface area contributed by atoms with E-state index in [1.165, 1.54) is 0 Å². The van der Waals surface area contributed by atoms with Crippen LogP contribution in [0, 0.1) is 0 Å². The van der Waals surface area contributed by atoms with Crippen LogP contribution in [0.15, 0.2) is 30.3 Å². The molecule has 0 saturated carbocycles. The van der Waals surface area contributed by atoms with E-state index in [-0.39, 0.29) is 6.54 Å². The third kappa shape index (κ3) is 2.47. The molecule has 1 rings (SSSR count). The summed E-state index contributed by atoms with van der Waals surface area (Å²) in [5, 5.41) is 9.08. The van der Waals surface area contributed by atoms with Gasteiger partial charge in [-0.1, -0.05) is 25.1 Å². The van der Waals surface area contributed by atoms with Crippen molar-refractivity contribution in [2.75, 3.05) is 6.54 Å². The lowest BCUT2D eigenvalue weighted by Crippen LogP contribution is -2.50. The van der Waals surface area contributed by atoms with Gasteiger partial charge in [-0.25, -0.2) is 4.79 Å². The van der Waals surface area contributed by atoms with Gasteiger partial charge in [-0.2, -0.15) is 0 Å². The van der Waals surface area contributed by atoms with Crippen LogP contribution in [0.5, 0.6) is 5.75 Å². The van der Waals surface area contributed by atoms with Crippen LogP contribution in [0.1, 0.15) is 13.3 Å². The Morgan fingerprint density at radius 3 is 2.47 bits per heavy atom. The van der Waals surface area contributed by atoms with Crippen molar-refractivity contribution in [3.05, 3.63) is 30.3 Å². The van der Waals surface area contributed by atoms with E-state index in [4.69, 9.17) is 15.6 Å². The monoisotopic (exact) mass is 209 g/mol. The Bertz CT molecular complexity index is 320. The summed E-state index contributed by atoms with van der Waals surface area (Å²) < 4.78 is 5.44. The third-order valence-electron chi connectivity index (χ3n) is 2.35. The van der Waals surface area contributed by atoms with Gasteiger partial charge < -0.3 is 15.6 Å². The number of ether oxygens (including phenoxy) is 1. The van der Waals surface area contributed by atoms with Crippen LogP contribution < -0.4 is 10.5 Å². The van der Waals surface area contributed by atoms with Crippen LogP contribution in [-0.2, 0) is 4.79 Å². The van der Waals surface area contributed by atoms with Gasteiger partial charge >= 0.3 is 5.97 Å². The number of benzene rings is 1. The number of aliphatic carboxylic acids is 1. The second-order valence-corrected chi connectivity index (χ2v) is 3.27. The first-order valence-corrected chi connectivity index (χ1v) is 4.82. The minimum atomic E-state index is -1.32. The van der Waals surface area contributed by atoms with Crippen molar-refractivity contribution in [2.45, 2.75) is 18.9 Å². The molecule has 82 valence electrons. The lowest BCUT2D eigenvalue weighted by molar-refractivity contribution is -0.154. The Kier molecular flexibility index (Phi) is 3.68. The summed E-state index contributed by atoms with van der Waals surface area (Å²) >= 11 is 0. The molecule has 0 spiro atoms. The van der Waals surface area contributed by atoms with Crippen LogP contribution in [0.2, 0.25) is 0 Å². The van der Waals surface area contributed by atoms with E-state index in [0.29, 0.717) is 12.2 Å². The molecular weight excluding hydrogens is 194 g/mol. The molecule has 0 fully saturated rings. The Morgan fingerprint density at radius 1 is 1.47 bits per heavy atom. The predicted molar refractivity (Wildman–Crippen MR) is 56.8 cm³/mol. The van der Waals surface area contributed by atoms with Gasteiger partial charge in [-0.05, 0) is 18.6 Å². The zero-order valence-electron chi connectivity index (χ0n) is 8.64. The summed E-state index contributed by atoms with van der Waals surface area (Å²) in [6.07, 6.45) is 0.327. The second-order valence-electron chi connectivity index (χ2n) is 3.27. The Labute approximate surface area is 88.7 Å². The fourth-order valence-electron chi connectivity index (χ4n) is 1.25. The summed E-state index contributed by atoms with van der Waals surface area (Å²) in [6, 6.07) is 8.83. The molecule has 0 radical (unpaired) electrons. The van der Waals surface area contributed by atoms with Gasteiger partial charge in [0.25, 0.3) is 0 Å². The largest absolute Gasteiger partial charge is 0.478 e. The molecular formula is C11H15NO3. The summed E-state index contributed by atoms with van der Waals surface area (Å²) in [4.78, 5) is 11.1. The van der Waals surface area contributed by atoms with Crippen LogP contribution >= 0.6 is 0 Å². The van der Waals surface area contributed by atoms with E-state index in [9.17, 15) is 4.79 Å². The highest BCUT2D eigenvalue weighted by Crippen LogP contribution is 2.20. The summed E-state index contributed by atoms with van der Waals surface area (Å²) in [5.41, 5.74) is 4.14. The number of hydrogen-bond acceptors (Lipinski definition) is 3. The SMILES string of the molecule is CCC(CN)(Oc1ccccc1)C(=O)O. The summed E-state index contributed by atoms with van der Waals surface area (Å²) in [5.74, 6) is -0.511. The highest BCUT2D eigenvalue weighted by atomic mass is 16.5. The fourth-order valence-corrected chi connectivity index (χ4v) is 1.25. The molecule has 0 heterocycles. The van der Waals surface area contributed by atoms with Gasteiger partial charge in [-0.3, -0.25) is 0 Å². The van der Waals surface area contributed by atoms with Gasteiger partial charge in [0.1, 0.15) is 5.75 Å². The number of rotatable bonds is 5. The van der Waals surface area contributed by atoms with E-state index >= 15 is 0 Å². The zero-order valence-corrected chi connectivity index (χ0v) is 8.64. The molecule has 0 amide bonds. The van der Waals surface area contributed by atoms with Crippen molar-refractivity contribution in [2.24, 2.45) is 5.73 Å². The van der Waals surface area contributed by atoms with Crippen LogP contribution in [0.3, 0.4) is 0 Å². The van der Waals surface area contributed by atoms with Crippen LogP contribution in [0.25, 0.3) is 0 Å². The van der Waals surface area contributed by atoms with E-state index < -0.39 is 11.6 Å². The number of carboxylic acids is 1. The molecule has 0 saturated heterocycles. The molecule has 0 bridgehead atoms. The van der Waals surface area contributed by atoms with Crippen molar-refractivity contribution >= 4 is 5.97 Å². The van der Waals surface area contributed by atoms with Gasteiger partial charge in [0, 0.05) is 6.54 Å². The minimum absolute atomic E-state index is 0.0479. The first kappa shape index (κ1) is 11.5. The van der Waals surface area contributed by atoms with Gasteiger partial charge in [0.15, 0.2) is 0 Å². The highest BCUT2D eigenvalue weighted by Gasteiger charge is 2.37. The molecule has 0 aliphatic rings. The first-order chi connectivity index (χ1) is 7.14. The average Bonchev–Trinajstić information content (AvgIpc) is 2.27. The van der Waals surface area contributed by atoms with Crippen molar-refractivity contribution < 1.29 is 14.6 Å². The molecule has 15 heavy (non-hydrogen) atoms. The average molecular weight is 209 g/mol. The highest BCUT2D eigenvalue weighted by molar-refractivity contribution is 5.78. The number of para-hydroxylation sites is 1. The molecule has 4 heteroatoms. The van der Waals surface area contributed by atoms with Crippen molar-refractivity contribution in [1.82, 2.24) is 0 Å². The molecule has 3 N–H and O–H groups in total. The lowest BCUT2D eigenvalue weighted by atomic mass is 10.0. The van der Waals surface area contributed by atoms with E-state index in [0.717, 1.165) is 0 Å². The van der Waals surface area contributed by atoms with Crippen molar-refractivity contribution in [3.8, 4) is 5.75 Å². The maximum absolute atomic E-state index is 11.1.